The van der Waals surface area contributed by atoms with Crippen LogP contribution in [0, 0.1) is 10.1 Å². The van der Waals surface area contributed by atoms with Crippen LogP contribution in [0.25, 0.3) is 0 Å². The second-order valence-corrected chi connectivity index (χ2v) is 5.07. The Hall–Kier alpha value is -1.83. The largest absolute Gasteiger partial charge is 0.489 e. The third kappa shape index (κ3) is 4.32. The molecule has 9 heteroatoms. The molecular weight excluding hydrogens is 321 g/mol. The van der Waals surface area contributed by atoms with E-state index in [1.54, 1.807) is 12.1 Å². The van der Waals surface area contributed by atoms with E-state index in [0.717, 1.165) is 0 Å². The SMILES string of the molecule is O=[N+]([O-])c1cn(CC(O)COc2ccc(Cl)cc2Cl)cn1. The molecule has 112 valence electrons. The summed E-state index contributed by atoms with van der Waals surface area (Å²) in [6.45, 7) is 0.0966. The molecule has 0 spiro atoms. The first-order valence-corrected chi connectivity index (χ1v) is 6.63. The van der Waals surface area contributed by atoms with E-state index in [2.05, 4.69) is 4.98 Å². The Morgan fingerprint density at radius 1 is 1.48 bits per heavy atom. The van der Waals surface area contributed by atoms with Crippen molar-refractivity contribution >= 4 is 29.0 Å². The summed E-state index contributed by atoms with van der Waals surface area (Å²) in [4.78, 5) is 13.5. The number of aromatic nitrogens is 2. The molecule has 0 aliphatic rings. The van der Waals surface area contributed by atoms with Gasteiger partial charge in [-0.2, -0.15) is 0 Å². The molecule has 0 aliphatic heterocycles. The Morgan fingerprint density at radius 3 is 2.86 bits per heavy atom. The Morgan fingerprint density at radius 2 is 2.24 bits per heavy atom. The number of hydrogen-bond donors (Lipinski definition) is 1. The monoisotopic (exact) mass is 331 g/mol. The molecule has 0 saturated heterocycles. The third-order valence-corrected chi connectivity index (χ3v) is 3.08. The van der Waals surface area contributed by atoms with E-state index < -0.39 is 11.0 Å². The lowest BCUT2D eigenvalue weighted by Gasteiger charge is -2.13. The van der Waals surface area contributed by atoms with Gasteiger partial charge in [0.1, 0.15) is 24.7 Å². The van der Waals surface area contributed by atoms with E-state index in [4.69, 9.17) is 27.9 Å². The van der Waals surface area contributed by atoms with Gasteiger partial charge in [0, 0.05) is 5.02 Å². The van der Waals surface area contributed by atoms with Crippen molar-refractivity contribution in [1.29, 1.82) is 0 Å². The molecule has 0 aliphatic carbocycles. The predicted molar refractivity (Wildman–Crippen MR) is 76.8 cm³/mol. The minimum Gasteiger partial charge on any atom is -0.489 e. The Balaban J connectivity index is 1.89. The molecule has 1 heterocycles. The zero-order valence-electron chi connectivity index (χ0n) is 10.6. The number of ether oxygens (including phenoxy) is 1. The van der Waals surface area contributed by atoms with Crippen LogP contribution in [-0.2, 0) is 6.54 Å². The third-order valence-electron chi connectivity index (χ3n) is 2.55. The molecule has 0 fully saturated rings. The normalized spacial score (nSPS) is 12.1. The van der Waals surface area contributed by atoms with Crippen molar-refractivity contribution in [2.45, 2.75) is 12.6 Å². The second-order valence-electron chi connectivity index (χ2n) is 4.23. The average Bonchev–Trinajstić information content (AvgIpc) is 2.86. The first kappa shape index (κ1) is 15.6. The molecule has 2 aromatic rings. The van der Waals surface area contributed by atoms with E-state index in [1.807, 2.05) is 0 Å². The summed E-state index contributed by atoms with van der Waals surface area (Å²) in [5.41, 5.74) is 0. The first-order chi connectivity index (χ1) is 9.95. The van der Waals surface area contributed by atoms with E-state index in [9.17, 15) is 15.2 Å². The summed E-state index contributed by atoms with van der Waals surface area (Å²) in [6, 6.07) is 4.75. The molecule has 0 amide bonds. The van der Waals surface area contributed by atoms with Gasteiger partial charge in [-0.3, -0.25) is 0 Å². The minimum atomic E-state index is -0.870. The zero-order chi connectivity index (χ0) is 15.4. The Kier molecular flexibility index (Phi) is 5.00. The molecule has 1 N–H and O–H groups in total. The quantitative estimate of drug-likeness (QED) is 0.648. The highest BCUT2D eigenvalue weighted by atomic mass is 35.5. The molecule has 1 aromatic heterocycles. The van der Waals surface area contributed by atoms with Crippen LogP contribution < -0.4 is 4.74 Å². The van der Waals surface area contributed by atoms with Crippen LogP contribution in [0.1, 0.15) is 0 Å². The van der Waals surface area contributed by atoms with E-state index in [1.165, 1.54) is 23.2 Å². The van der Waals surface area contributed by atoms with Gasteiger partial charge in [0.25, 0.3) is 0 Å². The number of imidazole rings is 1. The summed E-state index contributed by atoms with van der Waals surface area (Å²) in [5, 5.41) is 21.2. The van der Waals surface area contributed by atoms with Crippen molar-refractivity contribution in [3.8, 4) is 5.75 Å². The maximum absolute atomic E-state index is 10.5. The Bertz CT molecular complexity index is 647. The number of halogens is 2. The molecule has 21 heavy (non-hydrogen) atoms. The van der Waals surface area contributed by atoms with Crippen molar-refractivity contribution in [1.82, 2.24) is 9.55 Å². The highest BCUT2D eigenvalue weighted by molar-refractivity contribution is 6.35. The maximum atomic E-state index is 10.5. The van der Waals surface area contributed by atoms with Gasteiger partial charge >= 0.3 is 5.82 Å². The number of nitrogens with zero attached hydrogens (tertiary/aromatic N) is 3. The Labute approximate surface area is 129 Å². The maximum Gasteiger partial charge on any atom is 0.381 e. The number of nitro groups is 1. The van der Waals surface area contributed by atoms with Crippen molar-refractivity contribution in [2.24, 2.45) is 0 Å². The van der Waals surface area contributed by atoms with Crippen LogP contribution in [-0.4, -0.2) is 32.3 Å². The number of aliphatic hydroxyl groups excluding tert-OH is 1. The van der Waals surface area contributed by atoms with Gasteiger partial charge in [-0.25, -0.2) is 0 Å². The molecular formula is C12H11Cl2N3O4. The molecule has 0 radical (unpaired) electrons. The van der Waals surface area contributed by atoms with Crippen molar-refractivity contribution in [3.63, 3.8) is 0 Å². The fourth-order valence-electron chi connectivity index (χ4n) is 1.62. The second kappa shape index (κ2) is 6.75. The fourth-order valence-corrected chi connectivity index (χ4v) is 2.08. The molecule has 1 unspecified atom stereocenters. The lowest BCUT2D eigenvalue weighted by Crippen LogP contribution is -2.23. The van der Waals surface area contributed by atoms with Crippen LogP contribution >= 0.6 is 23.2 Å². The standard InChI is InChI=1S/C12H11Cl2N3O4/c13-8-1-2-11(10(14)3-8)21-6-9(18)4-16-5-12(15-7-16)17(19)20/h1-3,5,7,9,18H,4,6H2. The minimum absolute atomic E-state index is 0.0205. The summed E-state index contributed by atoms with van der Waals surface area (Å²) in [7, 11) is 0. The number of hydrogen-bond acceptors (Lipinski definition) is 5. The number of rotatable bonds is 6. The summed E-state index contributed by atoms with van der Waals surface area (Å²) in [6.07, 6.45) is 1.64. The zero-order valence-corrected chi connectivity index (χ0v) is 12.2. The predicted octanol–water partition coefficient (Wildman–Crippen LogP) is 2.54. The van der Waals surface area contributed by atoms with Gasteiger partial charge < -0.3 is 24.5 Å². The molecule has 7 nitrogen and oxygen atoms in total. The molecule has 2 rings (SSSR count). The van der Waals surface area contributed by atoms with Gasteiger partial charge in [0.15, 0.2) is 0 Å². The van der Waals surface area contributed by atoms with Gasteiger partial charge in [-0.1, -0.05) is 23.2 Å². The molecule has 1 aromatic carbocycles. The molecule has 0 saturated carbocycles. The molecule has 1 atom stereocenters. The van der Waals surface area contributed by atoms with Crippen LogP contribution in [0.5, 0.6) is 5.75 Å². The van der Waals surface area contributed by atoms with E-state index in [0.29, 0.717) is 15.8 Å². The van der Waals surface area contributed by atoms with E-state index >= 15 is 0 Å². The topological polar surface area (TPSA) is 90.4 Å². The van der Waals surface area contributed by atoms with Gasteiger partial charge in [0.05, 0.1) is 11.6 Å². The van der Waals surface area contributed by atoms with Crippen molar-refractivity contribution in [2.75, 3.05) is 6.61 Å². The fraction of sp³-hybridized carbons (Fsp3) is 0.250. The highest BCUT2D eigenvalue weighted by Gasteiger charge is 2.13. The number of benzene rings is 1. The molecule has 0 bridgehead atoms. The van der Waals surface area contributed by atoms with Crippen LogP contribution in [0.3, 0.4) is 0 Å². The summed E-state index contributed by atoms with van der Waals surface area (Å²) in [5.74, 6) is 0.126. The lowest BCUT2D eigenvalue weighted by molar-refractivity contribution is -0.389. The van der Waals surface area contributed by atoms with Crippen LogP contribution in [0.2, 0.25) is 10.0 Å². The van der Waals surface area contributed by atoms with Crippen molar-refractivity contribution in [3.05, 3.63) is 50.9 Å². The van der Waals surface area contributed by atoms with Gasteiger partial charge in [-0.05, 0) is 28.1 Å². The van der Waals surface area contributed by atoms with E-state index in [-0.39, 0.29) is 19.0 Å². The smallest absolute Gasteiger partial charge is 0.381 e. The average molecular weight is 332 g/mol. The lowest BCUT2D eigenvalue weighted by atomic mass is 10.3. The van der Waals surface area contributed by atoms with Crippen LogP contribution in [0.15, 0.2) is 30.7 Å². The number of aliphatic hydroxyl groups is 1. The van der Waals surface area contributed by atoms with Gasteiger partial charge in [0.2, 0.25) is 6.33 Å². The summed E-state index contributed by atoms with van der Waals surface area (Å²) >= 11 is 11.7. The van der Waals surface area contributed by atoms with Crippen LogP contribution in [0.4, 0.5) is 5.82 Å². The van der Waals surface area contributed by atoms with Gasteiger partial charge in [-0.15, -0.1) is 0 Å². The first-order valence-electron chi connectivity index (χ1n) is 5.88. The summed E-state index contributed by atoms with van der Waals surface area (Å²) < 4.78 is 6.78. The highest BCUT2D eigenvalue weighted by Crippen LogP contribution is 2.27. The van der Waals surface area contributed by atoms with Crippen molar-refractivity contribution < 1.29 is 14.8 Å².